The number of hydrogen-bond acceptors (Lipinski definition) is 1. The van der Waals surface area contributed by atoms with Crippen LogP contribution in [0.25, 0.3) is 5.57 Å². The summed E-state index contributed by atoms with van der Waals surface area (Å²) in [6.45, 7) is 9.14. The fraction of sp³-hybridized carbons (Fsp3) is 0.143. The lowest BCUT2D eigenvalue weighted by atomic mass is 9.92. The number of rotatable bonds is 6. The first-order chi connectivity index (χ1) is 14.2. The van der Waals surface area contributed by atoms with Gasteiger partial charge in [-0.05, 0) is 30.5 Å². The summed E-state index contributed by atoms with van der Waals surface area (Å²) in [4.78, 5) is 0. The summed E-state index contributed by atoms with van der Waals surface area (Å²) in [7, 11) is 0. The molecule has 0 N–H and O–H groups in total. The zero-order valence-electron chi connectivity index (χ0n) is 17.1. The molecule has 0 saturated carbocycles. The van der Waals surface area contributed by atoms with Crippen molar-refractivity contribution < 1.29 is 4.74 Å². The average molecular weight is 379 g/mol. The molecular formula is C28H26O. The zero-order chi connectivity index (χ0) is 20.5. The van der Waals surface area contributed by atoms with E-state index in [2.05, 4.69) is 92.9 Å². The summed E-state index contributed by atoms with van der Waals surface area (Å²) in [5.74, 6) is 6.42. The quantitative estimate of drug-likeness (QED) is 0.270. The molecule has 0 aliphatic carbocycles. The van der Waals surface area contributed by atoms with Gasteiger partial charge in [-0.1, -0.05) is 114 Å². The lowest BCUT2D eigenvalue weighted by molar-refractivity contribution is 0.153. The van der Waals surface area contributed by atoms with Crippen molar-refractivity contribution in [2.75, 3.05) is 6.61 Å². The van der Waals surface area contributed by atoms with Gasteiger partial charge < -0.3 is 4.74 Å². The molecule has 144 valence electrons. The fourth-order valence-corrected chi connectivity index (χ4v) is 3.06. The molecule has 0 aliphatic rings. The van der Waals surface area contributed by atoms with Crippen LogP contribution >= 0.6 is 0 Å². The van der Waals surface area contributed by atoms with Gasteiger partial charge in [-0.15, -0.1) is 0 Å². The first kappa shape index (κ1) is 20.4. The molecule has 3 aromatic carbocycles. The van der Waals surface area contributed by atoms with Crippen molar-refractivity contribution in [3.63, 3.8) is 0 Å². The van der Waals surface area contributed by atoms with Crippen LogP contribution in [0.5, 0.6) is 0 Å². The molecule has 0 amide bonds. The van der Waals surface area contributed by atoms with Crippen LogP contribution in [0.2, 0.25) is 0 Å². The number of aryl methyl sites for hydroxylation is 2. The van der Waals surface area contributed by atoms with Gasteiger partial charge in [0.15, 0.2) is 0 Å². The minimum absolute atomic E-state index is 0.376. The summed E-state index contributed by atoms with van der Waals surface area (Å²) in [5, 5.41) is 0. The zero-order valence-corrected chi connectivity index (χ0v) is 17.1. The number of ether oxygens (including phenoxy) is 1. The Balaban J connectivity index is 1.87. The van der Waals surface area contributed by atoms with Gasteiger partial charge in [0.25, 0.3) is 0 Å². The average Bonchev–Trinajstić information content (AvgIpc) is 2.75. The summed E-state index contributed by atoms with van der Waals surface area (Å²) in [6.07, 6.45) is 1.83. The molecule has 0 aromatic heterocycles. The molecular weight excluding hydrogens is 352 g/mol. The summed E-state index contributed by atoms with van der Waals surface area (Å²) < 4.78 is 5.71. The van der Waals surface area contributed by atoms with E-state index in [1.54, 1.807) is 0 Å². The number of benzene rings is 3. The SMILES string of the molecule is C=CC(C#CCOCc1ccccc1)=C(c1ccc(C)cc1)c1ccc(C)cc1. The monoisotopic (exact) mass is 378 g/mol. The molecule has 0 atom stereocenters. The van der Waals surface area contributed by atoms with Gasteiger partial charge in [0.2, 0.25) is 0 Å². The maximum Gasteiger partial charge on any atom is 0.108 e. The Labute approximate surface area is 174 Å². The first-order valence-corrected chi connectivity index (χ1v) is 9.78. The van der Waals surface area contributed by atoms with E-state index < -0.39 is 0 Å². The molecule has 1 heteroatoms. The van der Waals surface area contributed by atoms with Gasteiger partial charge in [-0.2, -0.15) is 0 Å². The predicted molar refractivity (Wildman–Crippen MR) is 122 cm³/mol. The van der Waals surface area contributed by atoms with Gasteiger partial charge in [0.05, 0.1) is 6.61 Å². The smallest absolute Gasteiger partial charge is 0.108 e. The second kappa shape index (κ2) is 10.3. The Morgan fingerprint density at radius 1 is 0.828 bits per heavy atom. The van der Waals surface area contributed by atoms with Crippen molar-refractivity contribution in [2.24, 2.45) is 0 Å². The molecule has 0 unspecified atom stereocenters. The third kappa shape index (κ3) is 5.82. The van der Waals surface area contributed by atoms with Crippen molar-refractivity contribution in [1.82, 2.24) is 0 Å². The van der Waals surface area contributed by atoms with Crippen LogP contribution in [0, 0.1) is 25.7 Å². The standard InChI is InChI=1S/C28H26O/c1-4-25(11-8-20-29-21-24-9-6-5-7-10-24)28(26-16-12-22(2)13-17-26)27-18-14-23(3)15-19-27/h4-7,9-10,12-19H,1,20-21H2,2-3H3. The van der Waals surface area contributed by atoms with Crippen LogP contribution in [0.1, 0.15) is 27.8 Å². The van der Waals surface area contributed by atoms with Crippen LogP contribution in [0.3, 0.4) is 0 Å². The number of allylic oxidation sites excluding steroid dienone is 2. The highest BCUT2D eigenvalue weighted by Gasteiger charge is 2.09. The van der Waals surface area contributed by atoms with E-state index >= 15 is 0 Å². The van der Waals surface area contributed by atoms with Crippen molar-refractivity contribution in [2.45, 2.75) is 20.5 Å². The van der Waals surface area contributed by atoms with E-state index in [1.807, 2.05) is 24.3 Å². The molecule has 0 radical (unpaired) electrons. The Kier molecular flexibility index (Phi) is 7.22. The van der Waals surface area contributed by atoms with Crippen LogP contribution in [-0.4, -0.2) is 6.61 Å². The lowest BCUT2D eigenvalue weighted by Gasteiger charge is -2.12. The Morgan fingerprint density at radius 2 is 1.38 bits per heavy atom. The Bertz CT molecular complexity index is 980. The Hall–Kier alpha value is -3.34. The normalized spacial score (nSPS) is 10.0. The molecule has 0 saturated heterocycles. The summed E-state index contributed by atoms with van der Waals surface area (Å²) in [5.41, 5.74) is 7.88. The van der Waals surface area contributed by atoms with Crippen molar-refractivity contribution in [1.29, 1.82) is 0 Å². The second-order valence-corrected chi connectivity index (χ2v) is 7.01. The largest absolute Gasteiger partial charge is 0.364 e. The van der Waals surface area contributed by atoms with Crippen molar-refractivity contribution >= 4 is 5.57 Å². The molecule has 0 fully saturated rings. The number of hydrogen-bond donors (Lipinski definition) is 0. The first-order valence-electron chi connectivity index (χ1n) is 9.78. The maximum absolute atomic E-state index is 5.71. The predicted octanol–water partition coefficient (Wildman–Crippen LogP) is 6.51. The van der Waals surface area contributed by atoms with Crippen LogP contribution in [-0.2, 0) is 11.3 Å². The van der Waals surface area contributed by atoms with Gasteiger partial charge >= 0.3 is 0 Å². The molecule has 1 nitrogen and oxygen atoms in total. The topological polar surface area (TPSA) is 9.23 Å². The maximum atomic E-state index is 5.71. The highest BCUT2D eigenvalue weighted by molar-refractivity contribution is 5.86. The lowest BCUT2D eigenvalue weighted by Crippen LogP contribution is -1.95. The molecule has 3 aromatic rings. The third-order valence-electron chi connectivity index (χ3n) is 4.66. The minimum atomic E-state index is 0.376. The molecule has 3 rings (SSSR count). The fourth-order valence-electron chi connectivity index (χ4n) is 3.06. The van der Waals surface area contributed by atoms with Crippen molar-refractivity contribution in [3.05, 3.63) is 125 Å². The third-order valence-corrected chi connectivity index (χ3v) is 4.66. The summed E-state index contributed by atoms with van der Waals surface area (Å²) >= 11 is 0. The molecule has 0 spiro atoms. The van der Waals surface area contributed by atoms with E-state index in [0.29, 0.717) is 13.2 Å². The van der Waals surface area contributed by atoms with Gasteiger partial charge in [0, 0.05) is 11.1 Å². The molecule has 0 bridgehead atoms. The Morgan fingerprint density at radius 3 is 1.90 bits per heavy atom. The van der Waals surface area contributed by atoms with Gasteiger partial charge in [-0.25, -0.2) is 0 Å². The molecule has 0 heterocycles. The van der Waals surface area contributed by atoms with Gasteiger partial charge in [-0.3, -0.25) is 0 Å². The summed E-state index contributed by atoms with van der Waals surface area (Å²) in [6, 6.07) is 27.2. The second-order valence-electron chi connectivity index (χ2n) is 7.01. The van der Waals surface area contributed by atoms with E-state index in [1.165, 1.54) is 11.1 Å². The van der Waals surface area contributed by atoms with E-state index in [0.717, 1.165) is 27.8 Å². The van der Waals surface area contributed by atoms with Crippen LogP contribution in [0.4, 0.5) is 0 Å². The van der Waals surface area contributed by atoms with Crippen molar-refractivity contribution in [3.8, 4) is 11.8 Å². The van der Waals surface area contributed by atoms with E-state index in [4.69, 9.17) is 4.74 Å². The molecule has 0 aliphatic heterocycles. The highest BCUT2D eigenvalue weighted by Crippen LogP contribution is 2.28. The molecule has 29 heavy (non-hydrogen) atoms. The minimum Gasteiger partial charge on any atom is -0.364 e. The van der Waals surface area contributed by atoms with E-state index in [9.17, 15) is 0 Å². The highest BCUT2D eigenvalue weighted by atomic mass is 16.5. The van der Waals surface area contributed by atoms with E-state index in [-0.39, 0.29) is 0 Å². The van der Waals surface area contributed by atoms with Crippen LogP contribution in [0.15, 0.2) is 97.1 Å². The van der Waals surface area contributed by atoms with Gasteiger partial charge in [0.1, 0.15) is 6.61 Å². The van der Waals surface area contributed by atoms with Crippen LogP contribution < -0.4 is 0 Å².